The molecular weight excluding hydrogens is 417 g/mol. The van der Waals surface area contributed by atoms with Gasteiger partial charge in [0.1, 0.15) is 5.01 Å². The molecule has 0 spiro atoms. The first-order chi connectivity index (χ1) is 13.3. The minimum absolute atomic E-state index is 0.0975. The van der Waals surface area contributed by atoms with Gasteiger partial charge >= 0.3 is 6.18 Å². The van der Waals surface area contributed by atoms with Gasteiger partial charge in [0.25, 0.3) is 0 Å². The average molecular weight is 431 g/mol. The Balaban J connectivity index is 1.53. The van der Waals surface area contributed by atoms with Gasteiger partial charge in [-0.3, -0.25) is 4.99 Å². The molecule has 0 amide bonds. The number of alkyl halides is 3. The third-order valence-corrected chi connectivity index (χ3v) is 4.55. The predicted molar refractivity (Wildman–Crippen MR) is 98.9 cm³/mol. The van der Waals surface area contributed by atoms with E-state index in [0.717, 1.165) is 22.3 Å². The molecule has 3 aromatic rings. The predicted octanol–water partition coefficient (Wildman–Crippen LogP) is 3.73. The van der Waals surface area contributed by atoms with Crippen LogP contribution < -0.4 is 10.6 Å². The average Bonchev–Trinajstić information content (AvgIpc) is 3.32. The molecule has 0 atom stereocenters. The van der Waals surface area contributed by atoms with E-state index in [9.17, 15) is 13.2 Å². The highest BCUT2D eigenvalue weighted by molar-refractivity contribution is 7.09. The first-order valence-corrected chi connectivity index (χ1v) is 9.15. The highest BCUT2D eigenvalue weighted by Gasteiger charge is 2.33. The lowest BCUT2D eigenvalue weighted by Crippen LogP contribution is -2.36. The summed E-state index contributed by atoms with van der Waals surface area (Å²) in [6.45, 7) is 0.284. The minimum atomic E-state index is -4.45. The van der Waals surface area contributed by atoms with Crippen LogP contribution in [0.4, 0.5) is 13.2 Å². The molecule has 3 rings (SSSR count). The highest BCUT2D eigenvalue weighted by Crippen LogP contribution is 2.29. The van der Waals surface area contributed by atoms with Gasteiger partial charge in [0, 0.05) is 23.0 Å². The molecule has 28 heavy (non-hydrogen) atoms. The fourth-order valence-electron chi connectivity index (χ4n) is 2.10. The monoisotopic (exact) mass is 430 g/mol. The van der Waals surface area contributed by atoms with Crippen LogP contribution in [0.25, 0.3) is 11.4 Å². The summed E-state index contributed by atoms with van der Waals surface area (Å²) in [4.78, 5) is 11.8. The number of thiazole rings is 1. The highest BCUT2D eigenvalue weighted by atomic mass is 35.5. The maximum Gasteiger partial charge on any atom is 0.434 e. The van der Waals surface area contributed by atoms with Crippen LogP contribution in [0.5, 0.6) is 0 Å². The van der Waals surface area contributed by atoms with E-state index < -0.39 is 11.9 Å². The van der Waals surface area contributed by atoms with Crippen molar-refractivity contribution in [3.63, 3.8) is 0 Å². The van der Waals surface area contributed by atoms with Crippen LogP contribution in [0.1, 0.15) is 16.6 Å². The summed E-state index contributed by atoms with van der Waals surface area (Å²) in [5.74, 6) is 1.09. The Morgan fingerprint density at radius 1 is 1.18 bits per heavy atom. The van der Waals surface area contributed by atoms with Crippen molar-refractivity contribution in [2.75, 3.05) is 7.05 Å². The molecule has 0 aliphatic carbocycles. The van der Waals surface area contributed by atoms with E-state index in [-0.39, 0.29) is 18.1 Å². The lowest BCUT2D eigenvalue weighted by Gasteiger charge is -2.08. The van der Waals surface area contributed by atoms with Gasteiger partial charge in [-0.25, -0.2) is 4.98 Å². The molecule has 0 saturated heterocycles. The molecule has 0 radical (unpaired) electrons. The molecule has 148 valence electrons. The van der Waals surface area contributed by atoms with E-state index >= 15 is 0 Å². The van der Waals surface area contributed by atoms with E-state index in [4.69, 9.17) is 16.1 Å². The topological polar surface area (TPSA) is 88.2 Å². The van der Waals surface area contributed by atoms with Crippen LogP contribution in [-0.2, 0) is 19.3 Å². The molecule has 0 aliphatic heterocycles. The van der Waals surface area contributed by atoms with Gasteiger partial charge in [-0.2, -0.15) is 18.2 Å². The second kappa shape index (κ2) is 8.57. The van der Waals surface area contributed by atoms with Gasteiger partial charge in [0.05, 0.1) is 13.1 Å². The summed E-state index contributed by atoms with van der Waals surface area (Å²) < 4.78 is 42.9. The molecule has 1 aromatic carbocycles. The number of rotatable bonds is 5. The lowest BCUT2D eigenvalue weighted by molar-refractivity contribution is -0.140. The van der Waals surface area contributed by atoms with Crippen LogP contribution in [0.15, 0.2) is 39.2 Å². The van der Waals surface area contributed by atoms with Crippen molar-refractivity contribution >= 4 is 28.9 Å². The van der Waals surface area contributed by atoms with Gasteiger partial charge in [0.15, 0.2) is 11.7 Å². The Kier molecular flexibility index (Phi) is 6.15. The zero-order valence-corrected chi connectivity index (χ0v) is 16.0. The molecule has 0 aliphatic rings. The number of guanidine groups is 1. The first kappa shape index (κ1) is 20.1. The van der Waals surface area contributed by atoms with E-state index in [0.29, 0.717) is 22.7 Å². The Labute approximate surface area is 166 Å². The molecule has 0 unspecified atom stereocenters. The molecule has 0 fully saturated rings. The smallest absolute Gasteiger partial charge is 0.350 e. The summed E-state index contributed by atoms with van der Waals surface area (Å²) in [7, 11) is 1.53. The fraction of sp³-hybridized carbons (Fsp3) is 0.250. The maximum atomic E-state index is 12.6. The lowest BCUT2D eigenvalue weighted by atomic mass is 10.2. The maximum absolute atomic E-state index is 12.6. The number of nitrogens with zero attached hydrogens (tertiary/aromatic N) is 4. The van der Waals surface area contributed by atoms with Crippen molar-refractivity contribution in [1.29, 1.82) is 0 Å². The van der Waals surface area contributed by atoms with Gasteiger partial charge in [0.2, 0.25) is 11.7 Å². The summed E-state index contributed by atoms with van der Waals surface area (Å²) in [5.41, 5.74) is -0.149. The number of aromatic nitrogens is 3. The Morgan fingerprint density at radius 3 is 2.54 bits per heavy atom. The first-order valence-electron chi connectivity index (χ1n) is 7.90. The molecule has 0 saturated carbocycles. The van der Waals surface area contributed by atoms with Crippen molar-refractivity contribution in [3.8, 4) is 11.4 Å². The van der Waals surface area contributed by atoms with Gasteiger partial charge < -0.3 is 15.2 Å². The van der Waals surface area contributed by atoms with Crippen LogP contribution in [0.3, 0.4) is 0 Å². The van der Waals surface area contributed by atoms with Gasteiger partial charge in [-0.15, -0.1) is 11.3 Å². The minimum Gasteiger partial charge on any atom is -0.350 e. The fourth-order valence-corrected chi connectivity index (χ4v) is 2.97. The zero-order chi connectivity index (χ0) is 20.1. The van der Waals surface area contributed by atoms with Crippen LogP contribution in [0, 0.1) is 0 Å². The second-order valence-corrected chi connectivity index (χ2v) is 6.80. The molecule has 2 aromatic heterocycles. The van der Waals surface area contributed by atoms with Crippen molar-refractivity contribution < 1.29 is 17.7 Å². The number of aliphatic imine (C=N–C) groups is 1. The molecule has 0 bridgehead atoms. The number of hydrogen-bond donors (Lipinski definition) is 2. The number of benzene rings is 1. The molecule has 7 nitrogen and oxygen atoms in total. The summed E-state index contributed by atoms with van der Waals surface area (Å²) in [5, 5.41) is 11.6. The van der Waals surface area contributed by atoms with E-state index in [1.54, 1.807) is 24.3 Å². The molecular formula is C16H14ClF3N6OS. The van der Waals surface area contributed by atoms with Gasteiger partial charge in [-0.1, -0.05) is 16.8 Å². The standard InChI is InChI=1S/C16H14ClF3N6OS/c1-21-15(23-7-13-24-11(8-28-13)16(18,19)20)22-6-12-25-14(26-27-12)9-2-4-10(17)5-3-9/h2-5,8H,6-7H2,1H3,(H2,21,22,23). The Hall–Kier alpha value is -2.66. The van der Waals surface area contributed by atoms with Crippen molar-refractivity contribution in [2.45, 2.75) is 19.3 Å². The third kappa shape index (κ3) is 5.20. The number of halogens is 4. The molecule has 2 heterocycles. The van der Waals surface area contributed by atoms with Gasteiger partial charge in [-0.05, 0) is 24.3 Å². The normalized spacial score (nSPS) is 12.2. The van der Waals surface area contributed by atoms with Crippen LogP contribution in [0.2, 0.25) is 5.02 Å². The summed E-state index contributed by atoms with van der Waals surface area (Å²) in [6.07, 6.45) is -4.45. The van der Waals surface area contributed by atoms with E-state index in [1.807, 2.05) is 0 Å². The van der Waals surface area contributed by atoms with E-state index in [2.05, 4.69) is 30.8 Å². The van der Waals surface area contributed by atoms with Crippen LogP contribution >= 0.6 is 22.9 Å². The van der Waals surface area contributed by atoms with Crippen molar-refractivity contribution in [2.24, 2.45) is 4.99 Å². The summed E-state index contributed by atoms with van der Waals surface area (Å²) >= 11 is 6.77. The quantitative estimate of drug-likeness (QED) is 0.473. The number of hydrogen-bond acceptors (Lipinski definition) is 6. The van der Waals surface area contributed by atoms with Crippen molar-refractivity contribution in [1.82, 2.24) is 25.8 Å². The SMILES string of the molecule is CN=C(NCc1nc(-c2ccc(Cl)cc2)no1)NCc1nc(C(F)(F)F)cs1. The van der Waals surface area contributed by atoms with Crippen LogP contribution in [-0.4, -0.2) is 28.1 Å². The molecule has 12 heteroatoms. The van der Waals surface area contributed by atoms with Crippen molar-refractivity contribution in [3.05, 3.63) is 51.3 Å². The zero-order valence-electron chi connectivity index (χ0n) is 14.4. The Bertz CT molecular complexity index is 954. The molecule has 2 N–H and O–H groups in total. The third-order valence-electron chi connectivity index (χ3n) is 3.45. The number of nitrogens with one attached hydrogen (secondary N) is 2. The summed E-state index contributed by atoms with van der Waals surface area (Å²) in [6, 6.07) is 6.99. The van der Waals surface area contributed by atoms with E-state index in [1.165, 1.54) is 7.05 Å². The largest absolute Gasteiger partial charge is 0.434 e. The second-order valence-electron chi connectivity index (χ2n) is 5.42. The Morgan fingerprint density at radius 2 is 1.89 bits per heavy atom.